The van der Waals surface area contributed by atoms with Crippen LogP contribution in [-0.4, -0.2) is 35.1 Å². The van der Waals surface area contributed by atoms with Gasteiger partial charge in [-0.25, -0.2) is 4.79 Å². The minimum absolute atomic E-state index is 0.184. The number of carboxylic acids is 1. The maximum absolute atomic E-state index is 12.0. The lowest BCUT2D eigenvalue weighted by molar-refractivity contribution is -0.146. The molecule has 2 rings (SSSR count). The molecule has 6 heteroatoms. The number of hydrogen-bond acceptors (Lipinski definition) is 3. The Kier molecular flexibility index (Phi) is 3.80. The zero-order chi connectivity index (χ0) is 14.0. The minimum atomic E-state index is -0.836. The zero-order valence-corrected chi connectivity index (χ0v) is 11.9. The van der Waals surface area contributed by atoms with Crippen molar-refractivity contribution >= 4 is 23.3 Å². The van der Waals surface area contributed by atoms with E-state index in [1.807, 2.05) is 18.4 Å². The Morgan fingerprint density at radius 3 is 2.84 bits per heavy atom. The van der Waals surface area contributed by atoms with Crippen LogP contribution in [0.15, 0.2) is 11.4 Å². The van der Waals surface area contributed by atoms with Crippen LogP contribution in [0.5, 0.6) is 0 Å². The van der Waals surface area contributed by atoms with Gasteiger partial charge in [-0.05, 0) is 37.3 Å². The second kappa shape index (κ2) is 5.21. The zero-order valence-electron chi connectivity index (χ0n) is 11.1. The van der Waals surface area contributed by atoms with Crippen LogP contribution in [0.4, 0.5) is 4.79 Å². The fourth-order valence-corrected chi connectivity index (χ4v) is 2.98. The van der Waals surface area contributed by atoms with E-state index in [-0.39, 0.29) is 12.6 Å². The average Bonchev–Trinajstić information content (AvgIpc) is 2.94. The third-order valence-corrected chi connectivity index (χ3v) is 4.53. The predicted molar refractivity (Wildman–Crippen MR) is 73.2 cm³/mol. The molecule has 2 amide bonds. The monoisotopic (exact) mass is 282 g/mol. The number of amides is 2. The number of aliphatic carboxylic acids is 1. The summed E-state index contributed by atoms with van der Waals surface area (Å²) in [6, 6.07) is 1.85. The first-order chi connectivity index (χ1) is 8.90. The van der Waals surface area contributed by atoms with Crippen molar-refractivity contribution in [3.8, 4) is 0 Å². The van der Waals surface area contributed by atoms with Crippen molar-refractivity contribution in [2.45, 2.75) is 26.8 Å². The number of carbonyl (C=O) groups excluding carboxylic acids is 1. The highest BCUT2D eigenvalue weighted by Gasteiger charge is 2.42. The van der Waals surface area contributed by atoms with Crippen molar-refractivity contribution in [1.82, 2.24) is 10.2 Å². The summed E-state index contributed by atoms with van der Waals surface area (Å²) in [7, 11) is 0. The van der Waals surface area contributed by atoms with Gasteiger partial charge in [-0.1, -0.05) is 0 Å². The molecule has 1 aromatic rings. The van der Waals surface area contributed by atoms with E-state index in [0.717, 1.165) is 4.88 Å². The summed E-state index contributed by atoms with van der Waals surface area (Å²) >= 11 is 1.61. The van der Waals surface area contributed by atoms with Gasteiger partial charge in [-0.3, -0.25) is 4.79 Å². The normalized spacial score (nSPS) is 22.5. The first kappa shape index (κ1) is 13.9. The number of aryl methyl sites for hydroxylation is 1. The fraction of sp³-hybridized carbons (Fsp3) is 0.538. The number of thiophene rings is 1. The maximum atomic E-state index is 12.0. The minimum Gasteiger partial charge on any atom is -0.481 e. The van der Waals surface area contributed by atoms with E-state index in [2.05, 4.69) is 5.32 Å². The summed E-state index contributed by atoms with van der Waals surface area (Å²) < 4.78 is 0. The number of hydrogen-bond donors (Lipinski definition) is 2. The molecule has 1 aromatic heterocycles. The Morgan fingerprint density at radius 2 is 2.32 bits per heavy atom. The lowest BCUT2D eigenvalue weighted by Gasteiger charge is -2.20. The molecule has 104 valence electrons. The van der Waals surface area contributed by atoms with Crippen LogP contribution in [0.3, 0.4) is 0 Å². The van der Waals surface area contributed by atoms with Gasteiger partial charge in [0, 0.05) is 18.0 Å². The molecule has 1 atom stereocenters. The molecule has 0 bridgehead atoms. The van der Waals surface area contributed by atoms with E-state index >= 15 is 0 Å². The lowest BCUT2D eigenvalue weighted by Crippen LogP contribution is -2.40. The predicted octanol–water partition coefficient (Wildman–Crippen LogP) is 2.06. The van der Waals surface area contributed by atoms with Gasteiger partial charge in [-0.2, -0.15) is 0 Å². The van der Waals surface area contributed by atoms with E-state index in [4.69, 9.17) is 5.11 Å². The molecule has 2 heterocycles. The Hall–Kier alpha value is -1.56. The van der Waals surface area contributed by atoms with Gasteiger partial charge >= 0.3 is 12.0 Å². The molecule has 1 saturated heterocycles. The molecule has 1 aliphatic heterocycles. The van der Waals surface area contributed by atoms with Crippen molar-refractivity contribution in [3.05, 3.63) is 21.9 Å². The van der Waals surface area contributed by atoms with Crippen LogP contribution in [0.25, 0.3) is 0 Å². The molecule has 0 aromatic carbocycles. The standard InChI is InChI=1S/C13H18N2O3S/c1-9-5-10(19-7-9)6-14-12(18)15-4-3-13(2,8-15)11(16)17/h5,7H,3-4,6,8H2,1-2H3,(H,14,18)(H,16,17). The van der Waals surface area contributed by atoms with Crippen molar-refractivity contribution < 1.29 is 14.7 Å². The van der Waals surface area contributed by atoms with Crippen LogP contribution in [0.1, 0.15) is 23.8 Å². The molecule has 2 N–H and O–H groups in total. The van der Waals surface area contributed by atoms with Crippen LogP contribution >= 0.6 is 11.3 Å². The summed E-state index contributed by atoms with van der Waals surface area (Å²) in [6.45, 7) is 4.97. The largest absolute Gasteiger partial charge is 0.481 e. The Labute approximate surface area is 116 Å². The first-order valence-electron chi connectivity index (χ1n) is 6.21. The number of nitrogens with one attached hydrogen (secondary N) is 1. The second-order valence-corrected chi connectivity index (χ2v) is 6.28. The van der Waals surface area contributed by atoms with E-state index in [1.54, 1.807) is 23.2 Å². The van der Waals surface area contributed by atoms with Gasteiger partial charge in [0.1, 0.15) is 0 Å². The Balaban J connectivity index is 1.86. The van der Waals surface area contributed by atoms with Gasteiger partial charge < -0.3 is 15.3 Å². The maximum Gasteiger partial charge on any atom is 0.317 e. The smallest absolute Gasteiger partial charge is 0.317 e. The topological polar surface area (TPSA) is 69.6 Å². The van der Waals surface area contributed by atoms with Gasteiger partial charge in [0.15, 0.2) is 0 Å². The number of nitrogens with zero attached hydrogens (tertiary/aromatic N) is 1. The molecule has 19 heavy (non-hydrogen) atoms. The van der Waals surface area contributed by atoms with E-state index in [9.17, 15) is 9.59 Å². The highest BCUT2D eigenvalue weighted by Crippen LogP contribution is 2.30. The Bertz CT molecular complexity index is 500. The van der Waals surface area contributed by atoms with Gasteiger partial charge in [0.2, 0.25) is 0 Å². The van der Waals surface area contributed by atoms with E-state index < -0.39 is 11.4 Å². The summed E-state index contributed by atoms with van der Waals surface area (Å²) in [5.74, 6) is -0.836. The van der Waals surface area contributed by atoms with Crippen LogP contribution in [-0.2, 0) is 11.3 Å². The molecule has 0 saturated carbocycles. The summed E-state index contributed by atoms with van der Waals surface area (Å²) in [5, 5.41) is 14.0. The third-order valence-electron chi connectivity index (χ3n) is 3.48. The second-order valence-electron chi connectivity index (χ2n) is 5.29. The van der Waals surface area contributed by atoms with Crippen molar-refractivity contribution in [2.75, 3.05) is 13.1 Å². The molecule has 0 spiro atoms. The average molecular weight is 282 g/mol. The number of likely N-dealkylation sites (tertiary alicyclic amines) is 1. The van der Waals surface area contributed by atoms with Crippen molar-refractivity contribution in [3.63, 3.8) is 0 Å². The number of carbonyl (C=O) groups is 2. The molecule has 1 fully saturated rings. The quantitative estimate of drug-likeness (QED) is 0.891. The van der Waals surface area contributed by atoms with Crippen molar-refractivity contribution in [1.29, 1.82) is 0 Å². The summed E-state index contributed by atoms with van der Waals surface area (Å²) in [5.41, 5.74) is 0.380. The molecule has 0 radical (unpaired) electrons. The number of carboxylic acid groups (broad SMARTS) is 1. The summed E-state index contributed by atoms with van der Waals surface area (Å²) in [6.07, 6.45) is 0.508. The highest BCUT2D eigenvalue weighted by molar-refractivity contribution is 7.10. The van der Waals surface area contributed by atoms with Crippen LogP contribution in [0, 0.1) is 12.3 Å². The number of urea groups is 1. The molecule has 1 unspecified atom stereocenters. The third kappa shape index (κ3) is 3.07. The fourth-order valence-electron chi connectivity index (χ4n) is 2.17. The Morgan fingerprint density at radius 1 is 1.58 bits per heavy atom. The van der Waals surface area contributed by atoms with Crippen LogP contribution in [0.2, 0.25) is 0 Å². The van der Waals surface area contributed by atoms with Gasteiger partial charge in [0.05, 0.1) is 12.0 Å². The SMILES string of the molecule is Cc1csc(CNC(=O)N2CCC(C)(C(=O)O)C2)c1. The molecular weight excluding hydrogens is 264 g/mol. The van der Waals surface area contributed by atoms with E-state index in [1.165, 1.54) is 5.56 Å². The van der Waals surface area contributed by atoms with Crippen LogP contribution < -0.4 is 5.32 Å². The molecule has 0 aliphatic carbocycles. The summed E-state index contributed by atoms with van der Waals surface area (Å²) in [4.78, 5) is 25.8. The molecule has 1 aliphatic rings. The van der Waals surface area contributed by atoms with Gasteiger partial charge in [0.25, 0.3) is 0 Å². The van der Waals surface area contributed by atoms with E-state index in [0.29, 0.717) is 19.5 Å². The van der Waals surface area contributed by atoms with Gasteiger partial charge in [-0.15, -0.1) is 11.3 Å². The first-order valence-corrected chi connectivity index (χ1v) is 7.09. The molecule has 5 nitrogen and oxygen atoms in total. The lowest BCUT2D eigenvalue weighted by atomic mass is 9.90. The van der Waals surface area contributed by atoms with Crippen molar-refractivity contribution in [2.24, 2.45) is 5.41 Å². The molecular formula is C13H18N2O3S. The highest BCUT2D eigenvalue weighted by atomic mass is 32.1. The number of rotatable bonds is 3.